The quantitative estimate of drug-likeness (QED) is 0.911. The van der Waals surface area contributed by atoms with Crippen LogP contribution in [-0.4, -0.2) is 12.1 Å². The maximum atomic E-state index is 6.08. The maximum Gasteiger partial charge on any atom is 0.211 e. The van der Waals surface area contributed by atoms with Gasteiger partial charge in [-0.15, -0.1) is 0 Å². The van der Waals surface area contributed by atoms with Crippen LogP contribution in [0.15, 0.2) is 28.8 Å². The molecule has 2 aromatic rings. The van der Waals surface area contributed by atoms with E-state index in [4.69, 9.17) is 20.8 Å². The minimum Gasteiger partial charge on any atom is -0.495 e. The number of rotatable bonds is 5. The van der Waals surface area contributed by atoms with Crippen LogP contribution in [0.1, 0.15) is 30.2 Å². The van der Waals surface area contributed by atoms with Gasteiger partial charge in [-0.05, 0) is 31.5 Å². The molecule has 1 unspecified atom stereocenters. The van der Waals surface area contributed by atoms with Crippen molar-refractivity contribution in [2.24, 2.45) is 0 Å². The first-order valence-corrected chi connectivity index (χ1v) is 6.46. The van der Waals surface area contributed by atoms with E-state index >= 15 is 0 Å². The van der Waals surface area contributed by atoms with Crippen LogP contribution < -0.4 is 10.1 Å². The van der Waals surface area contributed by atoms with E-state index in [9.17, 15) is 0 Å². The first kappa shape index (κ1) is 13.9. The summed E-state index contributed by atoms with van der Waals surface area (Å²) in [5, 5.41) is 3.95. The van der Waals surface area contributed by atoms with E-state index in [1.807, 2.05) is 32.0 Å². The van der Waals surface area contributed by atoms with Crippen molar-refractivity contribution in [1.29, 1.82) is 0 Å². The molecule has 1 atom stereocenters. The summed E-state index contributed by atoms with van der Waals surface area (Å²) in [7, 11) is 1.60. The number of nitrogens with zero attached hydrogens (tertiary/aromatic N) is 1. The molecule has 0 bridgehead atoms. The van der Waals surface area contributed by atoms with Crippen molar-refractivity contribution in [2.75, 3.05) is 7.11 Å². The molecular formula is C14H17ClN2O2. The highest BCUT2D eigenvalue weighted by atomic mass is 35.5. The number of oxazole rings is 1. The SMILES string of the molecule is COc1ccc(CNC(C)c2ncc(C)o2)cc1Cl. The summed E-state index contributed by atoms with van der Waals surface area (Å²) in [4.78, 5) is 4.20. The molecular weight excluding hydrogens is 264 g/mol. The second-order valence-corrected chi connectivity index (χ2v) is 4.79. The number of methoxy groups -OCH3 is 1. The Bertz CT molecular complexity index is 554. The van der Waals surface area contributed by atoms with Gasteiger partial charge in [-0.1, -0.05) is 17.7 Å². The maximum absolute atomic E-state index is 6.08. The highest BCUT2D eigenvalue weighted by molar-refractivity contribution is 6.32. The summed E-state index contributed by atoms with van der Waals surface area (Å²) < 4.78 is 10.6. The molecule has 0 aliphatic rings. The zero-order valence-corrected chi connectivity index (χ0v) is 12.0. The van der Waals surface area contributed by atoms with Crippen LogP contribution in [-0.2, 0) is 6.54 Å². The molecule has 1 heterocycles. The van der Waals surface area contributed by atoms with Crippen LogP contribution in [0.25, 0.3) is 0 Å². The van der Waals surface area contributed by atoms with E-state index in [0.29, 0.717) is 23.2 Å². The van der Waals surface area contributed by atoms with Gasteiger partial charge in [0.05, 0.1) is 24.4 Å². The molecule has 19 heavy (non-hydrogen) atoms. The van der Waals surface area contributed by atoms with Gasteiger partial charge in [0.2, 0.25) is 5.89 Å². The molecule has 5 heteroatoms. The smallest absolute Gasteiger partial charge is 0.211 e. The van der Waals surface area contributed by atoms with Gasteiger partial charge in [-0.3, -0.25) is 0 Å². The lowest BCUT2D eigenvalue weighted by molar-refractivity contribution is 0.401. The molecule has 0 radical (unpaired) electrons. The number of benzene rings is 1. The Morgan fingerprint density at radius 3 is 2.84 bits per heavy atom. The number of hydrogen-bond acceptors (Lipinski definition) is 4. The lowest BCUT2D eigenvalue weighted by Crippen LogP contribution is -2.18. The van der Waals surface area contributed by atoms with E-state index in [0.717, 1.165) is 11.3 Å². The fraction of sp³-hybridized carbons (Fsp3) is 0.357. The molecule has 4 nitrogen and oxygen atoms in total. The minimum atomic E-state index is 0.0505. The first-order valence-electron chi connectivity index (χ1n) is 6.08. The van der Waals surface area contributed by atoms with Crippen molar-refractivity contribution in [3.05, 3.63) is 46.6 Å². The highest BCUT2D eigenvalue weighted by Gasteiger charge is 2.11. The third-order valence-corrected chi connectivity index (χ3v) is 3.13. The van der Waals surface area contributed by atoms with Crippen LogP contribution in [0.5, 0.6) is 5.75 Å². The molecule has 1 N–H and O–H groups in total. The molecule has 0 saturated carbocycles. The summed E-state index contributed by atoms with van der Waals surface area (Å²) in [5.74, 6) is 2.19. The molecule has 1 aromatic carbocycles. The molecule has 1 aromatic heterocycles. The van der Waals surface area contributed by atoms with Crippen molar-refractivity contribution >= 4 is 11.6 Å². The van der Waals surface area contributed by atoms with Gasteiger partial charge in [-0.25, -0.2) is 4.98 Å². The second-order valence-electron chi connectivity index (χ2n) is 4.38. The van der Waals surface area contributed by atoms with Crippen molar-refractivity contribution in [3.8, 4) is 5.75 Å². The van der Waals surface area contributed by atoms with Gasteiger partial charge >= 0.3 is 0 Å². The average Bonchev–Trinajstić information content (AvgIpc) is 2.83. The van der Waals surface area contributed by atoms with Crippen molar-refractivity contribution in [1.82, 2.24) is 10.3 Å². The third-order valence-electron chi connectivity index (χ3n) is 2.84. The van der Waals surface area contributed by atoms with Gasteiger partial charge in [0.25, 0.3) is 0 Å². The topological polar surface area (TPSA) is 47.3 Å². The summed E-state index contributed by atoms with van der Waals surface area (Å²) in [6.45, 7) is 4.58. The lowest BCUT2D eigenvalue weighted by atomic mass is 10.2. The number of hydrogen-bond donors (Lipinski definition) is 1. The Labute approximate surface area is 117 Å². The standard InChI is InChI=1S/C14H17ClN2O2/c1-9-7-17-14(19-9)10(2)16-8-11-4-5-13(18-3)12(15)6-11/h4-7,10,16H,8H2,1-3H3. The largest absolute Gasteiger partial charge is 0.495 e. The number of aryl methyl sites for hydroxylation is 1. The molecule has 0 fully saturated rings. The molecule has 0 spiro atoms. The van der Waals surface area contributed by atoms with Gasteiger partial charge in [0.15, 0.2) is 0 Å². The van der Waals surface area contributed by atoms with Crippen molar-refractivity contribution in [2.45, 2.75) is 26.4 Å². The fourth-order valence-electron chi connectivity index (χ4n) is 1.75. The fourth-order valence-corrected chi connectivity index (χ4v) is 2.03. The summed E-state index contributed by atoms with van der Waals surface area (Å²) in [6.07, 6.45) is 1.72. The monoisotopic (exact) mass is 280 g/mol. The zero-order chi connectivity index (χ0) is 13.8. The summed E-state index contributed by atoms with van der Waals surface area (Å²) in [5.41, 5.74) is 1.08. The number of ether oxygens (including phenoxy) is 1. The Kier molecular flexibility index (Phi) is 4.45. The highest BCUT2D eigenvalue weighted by Crippen LogP contribution is 2.25. The van der Waals surface area contributed by atoms with Gasteiger partial charge in [0, 0.05) is 6.54 Å². The number of halogens is 1. The lowest BCUT2D eigenvalue weighted by Gasteiger charge is -2.11. The van der Waals surface area contributed by atoms with Crippen molar-refractivity contribution in [3.63, 3.8) is 0 Å². The molecule has 102 valence electrons. The Morgan fingerprint density at radius 1 is 1.47 bits per heavy atom. The minimum absolute atomic E-state index is 0.0505. The van der Waals surface area contributed by atoms with Crippen LogP contribution in [0.4, 0.5) is 0 Å². The first-order chi connectivity index (χ1) is 9.10. The van der Waals surface area contributed by atoms with Crippen LogP contribution in [0.3, 0.4) is 0 Å². The third kappa shape index (κ3) is 3.49. The van der Waals surface area contributed by atoms with Crippen LogP contribution >= 0.6 is 11.6 Å². The molecule has 0 amide bonds. The number of nitrogens with one attached hydrogen (secondary N) is 1. The van der Waals surface area contributed by atoms with E-state index in [2.05, 4.69) is 10.3 Å². The van der Waals surface area contributed by atoms with Crippen molar-refractivity contribution < 1.29 is 9.15 Å². The predicted octanol–water partition coefficient (Wildman–Crippen LogP) is 3.50. The number of aromatic nitrogens is 1. The van der Waals surface area contributed by atoms with E-state index in [-0.39, 0.29) is 6.04 Å². The second kappa shape index (κ2) is 6.08. The van der Waals surface area contributed by atoms with E-state index in [1.54, 1.807) is 13.3 Å². The Hall–Kier alpha value is -1.52. The normalized spacial score (nSPS) is 12.4. The Balaban J connectivity index is 1.97. The molecule has 0 saturated heterocycles. The zero-order valence-electron chi connectivity index (χ0n) is 11.2. The molecule has 2 rings (SSSR count). The Morgan fingerprint density at radius 2 is 2.26 bits per heavy atom. The van der Waals surface area contributed by atoms with Gasteiger partial charge < -0.3 is 14.5 Å². The molecule has 0 aliphatic heterocycles. The van der Waals surface area contributed by atoms with Gasteiger partial charge in [0.1, 0.15) is 11.5 Å². The molecule has 0 aliphatic carbocycles. The van der Waals surface area contributed by atoms with E-state index in [1.165, 1.54) is 0 Å². The average molecular weight is 281 g/mol. The van der Waals surface area contributed by atoms with Crippen LogP contribution in [0.2, 0.25) is 5.02 Å². The summed E-state index contributed by atoms with van der Waals surface area (Å²) >= 11 is 6.08. The predicted molar refractivity (Wildman–Crippen MR) is 74.5 cm³/mol. The van der Waals surface area contributed by atoms with E-state index < -0.39 is 0 Å². The summed E-state index contributed by atoms with van der Waals surface area (Å²) in [6, 6.07) is 5.78. The van der Waals surface area contributed by atoms with Crippen LogP contribution in [0, 0.1) is 6.92 Å². The van der Waals surface area contributed by atoms with Gasteiger partial charge in [-0.2, -0.15) is 0 Å².